The van der Waals surface area contributed by atoms with E-state index in [0.29, 0.717) is 6.42 Å². The number of rotatable bonds is 4. The third kappa shape index (κ3) is 3.17. The second-order valence-corrected chi connectivity index (χ2v) is 5.57. The number of pyridine rings is 1. The van der Waals surface area contributed by atoms with Crippen molar-refractivity contribution in [2.24, 2.45) is 0 Å². The summed E-state index contributed by atoms with van der Waals surface area (Å²) in [4.78, 5) is 15.9. The fourth-order valence-electron chi connectivity index (χ4n) is 2.99. The first kappa shape index (κ1) is 14.7. The zero-order valence-corrected chi connectivity index (χ0v) is 12.7. The van der Waals surface area contributed by atoms with E-state index in [9.17, 15) is 4.79 Å². The van der Waals surface area contributed by atoms with E-state index in [1.54, 1.807) is 12.4 Å². The Morgan fingerprint density at radius 1 is 1.23 bits per heavy atom. The van der Waals surface area contributed by atoms with E-state index in [-0.39, 0.29) is 11.9 Å². The molecule has 1 aliphatic heterocycles. The van der Waals surface area contributed by atoms with Crippen molar-refractivity contribution in [1.29, 1.82) is 0 Å². The van der Waals surface area contributed by atoms with Crippen LogP contribution in [0.25, 0.3) is 0 Å². The number of ether oxygens (including phenoxy) is 1. The molecule has 4 heteroatoms. The SMILES string of the molecule is COC(=O)CC(c1ccncc1)c1ccc2c(c1)CNCC2. The van der Waals surface area contributed by atoms with Crippen molar-refractivity contribution < 1.29 is 9.53 Å². The molecule has 0 spiro atoms. The van der Waals surface area contributed by atoms with Gasteiger partial charge in [0.2, 0.25) is 0 Å². The summed E-state index contributed by atoms with van der Waals surface area (Å²) in [5, 5.41) is 3.40. The van der Waals surface area contributed by atoms with Gasteiger partial charge in [-0.1, -0.05) is 18.2 Å². The molecule has 1 atom stereocenters. The quantitative estimate of drug-likeness (QED) is 0.880. The van der Waals surface area contributed by atoms with Crippen LogP contribution in [0.3, 0.4) is 0 Å². The molecule has 22 heavy (non-hydrogen) atoms. The highest BCUT2D eigenvalue weighted by molar-refractivity contribution is 5.71. The molecule has 1 aromatic heterocycles. The number of hydrogen-bond acceptors (Lipinski definition) is 4. The highest BCUT2D eigenvalue weighted by Crippen LogP contribution is 2.30. The predicted molar refractivity (Wildman–Crippen MR) is 84.6 cm³/mol. The second kappa shape index (κ2) is 6.71. The lowest BCUT2D eigenvalue weighted by Crippen LogP contribution is -2.24. The minimum Gasteiger partial charge on any atom is -0.469 e. The van der Waals surface area contributed by atoms with Gasteiger partial charge in [-0.25, -0.2) is 0 Å². The van der Waals surface area contributed by atoms with Crippen LogP contribution in [0.5, 0.6) is 0 Å². The molecule has 1 N–H and O–H groups in total. The number of nitrogens with zero attached hydrogens (tertiary/aromatic N) is 1. The monoisotopic (exact) mass is 296 g/mol. The summed E-state index contributed by atoms with van der Waals surface area (Å²) in [5.41, 5.74) is 4.96. The van der Waals surface area contributed by atoms with Crippen LogP contribution in [0, 0.1) is 0 Å². The molecule has 0 fully saturated rings. The van der Waals surface area contributed by atoms with Crippen LogP contribution in [-0.2, 0) is 22.5 Å². The van der Waals surface area contributed by atoms with Crippen molar-refractivity contribution in [2.45, 2.75) is 25.3 Å². The van der Waals surface area contributed by atoms with Crippen molar-refractivity contribution >= 4 is 5.97 Å². The summed E-state index contributed by atoms with van der Waals surface area (Å²) in [6.45, 7) is 1.92. The van der Waals surface area contributed by atoms with Gasteiger partial charge in [-0.05, 0) is 47.4 Å². The molecule has 0 radical (unpaired) electrons. The summed E-state index contributed by atoms with van der Waals surface area (Å²) < 4.78 is 4.87. The number of carbonyl (C=O) groups is 1. The van der Waals surface area contributed by atoms with Gasteiger partial charge >= 0.3 is 5.97 Å². The van der Waals surface area contributed by atoms with Crippen LogP contribution < -0.4 is 5.32 Å². The van der Waals surface area contributed by atoms with E-state index in [0.717, 1.165) is 30.6 Å². The van der Waals surface area contributed by atoms with Gasteiger partial charge in [0.15, 0.2) is 0 Å². The van der Waals surface area contributed by atoms with Gasteiger partial charge in [-0.2, -0.15) is 0 Å². The number of aromatic nitrogens is 1. The van der Waals surface area contributed by atoms with Gasteiger partial charge in [0.05, 0.1) is 13.5 Å². The second-order valence-electron chi connectivity index (χ2n) is 5.57. The lowest BCUT2D eigenvalue weighted by atomic mass is 9.86. The van der Waals surface area contributed by atoms with Crippen LogP contribution >= 0.6 is 0 Å². The Morgan fingerprint density at radius 3 is 2.82 bits per heavy atom. The Kier molecular flexibility index (Phi) is 4.49. The van der Waals surface area contributed by atoms with Crippen molar-refractivity contribution in [3.8, 4) is 0 Å². The normalized spacial score (nSPS) is 15.0. The lowest BCUT2D eigenvalue weighted by molar-refractivity contribution is -0.140. The molecule has 4 nitrogen and oxygen atoms in total. The Bertz CT molecular complexity index is 655. The third-order valence-electron chi connectivity index (χ3n) is 4.23. The first-order valence-corrected chi connectivity index (χ1v) is 7.57. The van der Waals surface area contributed by atoms with Crippen LogP contribution in [0.4, 0.5) is 0 Å². The molecule has 2 aromatic rings. The van der Waals surface area contributed by atoms with E-state index in [4.69, 9.17) is 4.74 Å². The number of fused-ring (bicyclic) bond motifs is 1. The number of methoxy groups -OCH3 is 1. The van der Waals surface area contributed by atoms with Gasteiger partial charge in [-0.3, -0.25) is 9.78 Å². The maximum Gasteiger partial charge on any atom is 0.306 e. The van der Waals surface area contributed by atoms with Crippen molar-refractivity contribution in [3.63, 3.8) is 0 Å². The molecule has 1 aliphatic rings. The highest BCUT2D eigenvalue weighted by atomic mass is 16.5. The zero-order valence-electron chi connectivity index (χ0n) is 12.7. The zero-order chi connectivity index (χ0) is 15.4. The first-order chi connectivity index (χ1) is 10.8. The topological polar surface area (TPSA) is 51.2 Å². The fraction of sp³-hybridized carbons (Fsp3) is 0.333. The maximum absolute atomic E-state index is 11.8. The molecule has 0 saturated heterocycles. The van der Waals surface area contributed by atoms with E-state index in [1.807, 2.05) is 12.1 Å². The van der Waals surface area contributed by atoms with E-state index in [2.05, 4.69) is 28.5 Å². The first-order valence-electron chi connectivity index (χ1n) is 7.57. The number of carbonyl (C=O) groups excluding carboxylic acids is 1. The summed E-state index contributed by atoms with van der Waals surface area (Å²) in [7, 11) is 1.43. The molecule has 0 saturated carbocycles. The fourth-order valence-corrected chi connectivity index (χ4v) is 2.99. The van der Waals surface area contributed by atoms with Gasteiger partial charge in [-0.15, -0.1) is 0 Å². The summed E-state index contributed by atoms with van der Waals surface area (Å²) in [6.07, 6.45) is 4.93. The van der Waals surface area contributed by atoms with Crippen LogP contribution in [-0.4, -0.2) is 24.6 Å². The van der Waals surface area contributed by atoms with Crippen LogP contribution in [0.2, 0.25) is 0 Å². The Hall–Kier alpha value is -2.20. The van der Waals surface area contributed by atoms with Crippen LogP contribution in [0.1, 0.15) is 34.6 Å². The molecule has 0 bridgehead atoms. The third-order valence-corrected chi connectivity index (χ3v) is 4.23. The van der Waals surface area contributed by atoms with Gasteiger partial charge in [0.25, 0.3) is 0 Å². The molecule has 3 rings (SSSR count). The summed E-state index contributed by atoms with van der Waals surface area (Å²) in [5.74, 6) is -0.194. The van der Waals surface area contributed by atoms with Gasteiger partial charge in [0, 0.05) is 24.9 Å². The molecular formula is C18H20N2O2. The summed E-state index contributed by atoms with van der Waals surface area (Å²) >= 11 is 0. The van der Waals surface area contributed by atoms with Gasteiger partial charge in [0.1, 0.15) is 0 Å². The average Bonchev–Trinajstić information content (AvgIpc) is 2.59. The number of hydrogen-bond donors (Lipinski definition) is 1. The largest absolute Gasteiger partial charge is 0.469 e. The van der Waals surface area contributed by atoms with Crippen LogP contribution in [0.15, 0.2) is 42.7 Å². The maximum atomic E-state index is 11.8. The number of esters is 1. The standard InChI is InChI=1S/C18H20N2O2/c1-22-18(21)11-17(14-5-7-19-8-6-14)15-3-2-13-4-9-20-12-16(13)10-15/h2-3,5-8,10,17,20H,4,9,11-12H2,1H3. The number of benzene rings is 1. The minimum absolute atomic E-state index is 0.00248. The highest BCUT2D eigenvalue weighted by Gasteiger charge is 2.20. The predicted octanol–water partition coefficient (Wildman–Crippen LogP) is 2.42. The Labute approximate surface area is 130 Å². The Morgan fingerprint density at radius 2 is 2.05 bits per heavy atom. The molecule has 114 valence electrons. The van der Waals surface area contributed by atoms with E-state index in [1.165, 1.54) is 18.2 Å². The Balaban J connectivity index is 1.96. The summed E-state index contributed by atoms with van der Waals surface area (Å²) in [6, 6.07) is 10.5. The minimum atomic E-state index is -0.197. The molecular weight excluding hydrogens is 276 g/mol. The van der Waals surface area contributed by atoms with Crippen molar-refractivity contribution in [2.75, 3.05) is 13.7 Å². The smallest absolute Gasteiger partial charge is 0.306 e. The molecule has 1 unspecified atom stereocenters. The van der Waals surface area contributed by atoms with E-state index >= 15 is 0 Å². The molecule has 0 amide bonds. The number of nitrogens with one attached hydrogen (secondary N) is 1. The molecule has 1 aromatic carbocycles. The molecule has 0 aliphatic carbocycles. The molecule has 2 heterocycles. The lowest BCUT2D eigenvalue weighted by Gasteiger charge is -2.22. The van der Waals surface area contributed by atoms with Crippen molar-refractivity contribution in [3.05, 3.63) is 65.0 Å². The van der Waals surface area contributed by atoms with Gasteiger partial charge < -0.3 is 10.1 Å². The van der Waals surface area contributed by atoms with E-state index < -0.39 is 0 Å². The average molecular weight is 296 g/mol. The van der Waals surface area contributed by atoms with Crippen molar-refractivity contribution in [1.82, 2.24) is 10.3 Å².